The first-order chi connectivity index (χ1) is 29.1. The second-order valence-corrected chi connectivity index (χ2v) is 26.4. The maximum Gasteiger partial charge on any atom is 4.00 e. The van der Waals surface area contributed by atoms with E-state index in [1.807, 2.05) is 0 Å². The largest absolute Gasteiger partial charge is 4.00 e. The molecule has 4 saturated carbocycles. The molecular weight excluding hydrogens is 1110 g/mol. The van der Waals surface area contributed by atoms with E-state index in [1.54, 1.807) is 22.3 Å². The van der Waals surface area contributed by atoms with Gasteiger partial charge in [0.25, 0.3) is 0 Å². The van der Waals surface area contributed by atoms with E-state index in [2.05, 4.69) is 184 Å². The molecule has 72 heavy (non-hydrogen) atoms. The molecule has 0 aromatic carbocycles. The Hall–Kier alpha value is -0.327. The standard InChI is InChI=1S/2C31H48.8CH3.Hf.Zr/c2*1-9-31(10-2,21-13-11-12-14-21)28-26-19-22(29(3,4)5)15-17-24(26)25-18-16-23(20-27(25)28)30(6,7)8;;;;;;;;;;/h2*15-21,24-28H,9-14H2,1-8H3;8*1H3;;/q;;8*-1;2*+4. The first-order valence-corrected chi connectivity index (χ1v) is 26.7. The van der Waals surface area contributed by atoms with Gasteiger partial charge in [-0.05, 0) is 177 Å². The van der Waals surface area contributed by atoms with Gasteiger partial charge >= 0.3 is 52.0 Å². The summed E-state index contributed by atoms with van der Waals surface area (Å²) >= 11 is 0. The van der Waals surface area contributed by atoms with E-state index in [0.717, 1.165) is 23.7 Å². The van der Waals surface area contributed by atoms with Crippen LogP contribution in [0.4, 0.5) is 0 Å². The Morgan fingerprint density at radius 1 is 0.333 bits per heavy atom. The quantitative estimate of drug-likeness (QED) is 0.168. The van der Waals surface area contributed by atoms with Crippen LogP contribution in [0.25, 0.3) is 0 Å². The Kier molecular flexibility index (Phi) is 32.1. The van der Waals surface area contributed by atoms with Gasteiger partial charge in [0.05, 0.1) is 0 Å². The van der Waals surface area contributed by atoms with Crippen molar-refractivity contribution < 1.29 is 52.0 Å². The molecule has 0 N–H and O–H groups in total. The van der Waals surface area contributed by atoms with Crippen molar-refractivity contribution in [3.63, 3.8) is 0 Å². The Balaban J connectivity index is -0.000000564. The van der Waals surface area contributed by atoms with Crippen LogP contribution in [-0.4, -0.2) is 0 Å². The van der Waals surface area contributed by atoms with Gasteiger partial charge in [0, 0.05) is 0 Å². The molecule has 8 aliphatic carbocycles. The van der Waals surface area contributed by atoms with Crippen molar-refractivity contribution >= 4 is 0 Å². The molecule has 0 aliphatic heterocycles. The van der Waals surface area contributed by atoms with Crippen molar-refractivity contribution in [2.45, 2.75) is 188 Å². The van der Waals surface area contributed by atoms with Crippen LogP contribution in [0.15, 0.2) is 95.2 Å². The fourth-order valence-corrected chi connectivity index (χ4v) is 16.0. The summed E-state index contributed by atoms with van der Waals surface area (Å²) < 4.78 is 0. The summed E-state index contributed by atoms with van der Waals surface area (Å²) in [4.78, 5) is 0. The van der Waals surface area contributed by atoms with E-state index in [0.29, 0.717) is 58.2 Å². The van der Waals surface area contributed by atoms with Crippen molar-refractivity contribution in [2.75, 3.05) is 0 Å². The van der Waals surface area contributed by atoms with Gasteiger partial charge in [0.15, 0.2) is 0 Å². The Morgan fingerprint density at radius 2 is 0.514 bits per heavy atom. The Labute approximate surface area is 494 Å². The molecule has 0 amide bonds. The van der Waals surface area contributed by atoms with E-state index in [9.17, 15) is 0 Å². The van der Waals surface area contributed by atoms with Gasteiger partial charge in [-0.1, -0.05) is 209 Å². The molecule has 0 bridgehead atoms. The number of rotatable bonds is 8. The van der Waals surface area contributed by atoms with Gasteiger partial charge < -0.3 is 59.4 Å². The van der Waals surface area contributed by atoms with Crippen LogP contribution in [0.5, 0.6) is 0 Å². The normalized spacial score (nSPS) is 29.2. The molecule has 8 unspecified atom stereocenters. The molecule has 2 heteroatoms. The third-order valence-corrected chi connectivity index (χ3v) is 19.6. The maximum absolute atomic E-state index is 2.75. The summed E-state index contributed by atoms with van der Waals surface area (Å²) in [5.74, 6) is 8.83. The van der Waals surface area contributed by atoms with Gasteiger partial charge in [0.1, 0.15) is 0 Å². The molecule has 0 heterocycles. The Morgan fingerprint density at radius 3 is 0.667 bits per heavy atom. The number of hydrogen-bond donors (Lipinski definition) is 0. The van der Waals surface area contributed by atoms with Crippen LogP contribution in [0.1, 0.15) is 188 Å². The molecule has 408 valence electrons. The zero-order valence-electron chi connectivity index (χ0n) is 52.3. The van der Waals surface area contributed by atoms with E-state index in [4.69, 9.17) is 0 Å². The van der Waals surface area contributed by atoms with Gasteiger partial charge in [-0.25, -0.2) is 0 Å². The topological polar surface area (TPSA) is 0 Å². The third kappa shape index (κ3) is 14.7. The van der Waals surface area contributed by atoms with E-state index in [1.165, 1.54) is 77.0 Å². The van der Waals surface area contributed by atoms with Crippen molar-refractivity contribution in [2.24, 2.45) is 104 Å². The first-order valence-electron chi connectivity index (χ1n) is 26.7. The summed E-state index contributed by atoms with van der Waals surface area (Å²) in [5.41, 5.74) is 8.15. The number of fused-ring (bicyclic) bond motifs is 6. The zero-order valence-corrected chi connectivity index (χ0v) is 58.4. The smallest absolute Gasteiger partial charge is 0.358 e. The molecule has 0 spiro atoms. The number of allylic oxidation sites excluding steroid dienone is 16. The fraction of sp³-hybridized carbons (Fsp3) is 0.657. The SMILES string of the molecule is CCC(CC)(C1CCCC1)C1C2C=C(C(C)(C)C)C=CC2C2C=CC(C(C)(C)C)=CC21.CCC(CC)(C1CCCC1)C1C2C=C(C(C)(C)C)C=CC2C2C=CC(C(C)(C)C)=CC21.[CH3-].[CH3-].[CH3-].[CH3-].[CH3-].[CH3-].[CH3-].[CH3-].[Hf+4].[Zr+4]. The average Bonchev–Trinajstić information content (AvgIpc) is 4.05. The van der Waals surface area contributed by atoms with Gasteiger partial charge in [-0.15, -0.1) is 0 Å². The van der Waals surface area contributed by atoms with Crippen LogP contribution in [0.3, 0.4) is 0 Å². The van der Waals surface area contributed by atoms with Crippen LogP contribution >= 0.6 is 0 Å². The summed E-state index contributed by atoms with van der Waals surface area (Å²) in [6.07, 6.45) is 48.4. The summed E-state index contributed by atoms with van der Waals surface area (Å²) in [6, 6.07) is 0. The van der Waals surface area contributed by atoms with Gasteiger partial charge in [0.2, 0.25) is 0 Å². The predicted octanol–water partition coefficient (Wildman–Crippen LogP) is 21.9. The molecule has 8 aliphatic rings. The van der Waals surface area contributed by atoms with Gasteiger partial charge in [-0.2, -0.15) is 0 Å². The molecule has 0 radical (unpaired) electrons. The predicted molar refractivity (Wildman–Crippen MR) is 323 cm³/mol. The summed E-state index contributed by atoms with van der Waals surface area (Å²) in [7, 11) is 0. The van der Waals surface area contributed by atoms with E-state index < -0.39 is 0 Å². The van der Waals surface area contributed by atoms with E-state index >= 15 is 0 Å². The molecule has 0 aromatic rings. The summed E-state index contributed by atoms with van der Waals surface area (Å²) in [5, 5.41) is 0. The zero-order chi connectivity index (χ0) is 45.2. The van der Waals surface area contributed by atoms with Crippen molar-refractivity contribution in [1.29, 1.82) is 0 Å². The van der Waals surface area contributed by atoms with Crippen molar-refractivity contribution in [1.82, 2.24) is 0 Å². The second kappa shape index (κ2) is 29.6. The molecule has 0 saturated heterocycles. The minimum absolute atomic E-state index is 0. The number of hydrogen-bond acceptors (Lipinski definition) is 0. The molecule has 8 rings (SSSR count). The molecule has 8 atom stereocenters. The van der Waals surface area contributed by atoms with E-state index in [-0.39, 0.29) is 133 Å². The average molecular weight is 1230 g/mol. The molecular formula is C70H120HfZr. The van der Waals surface area contributed by atoms with Gasteiger partial charge in [-0.3, -0.25) is 0 Å². The Bertz CT molecular complexity index is 1600. The summed E-state index contributed by atoms with van der Waals surface area (Å²) in [6.45, 7) is 38.8. The molecule has 4 fully saturated rings. The van der Waals surface area contributed by atoms with Crippen LogP contribution < -0.4 is 0 Å². The molecule has 0 nitrogen and oxygen atoms in total. The van der Waals surface area contributed by atoms with Crippen LogP contribution in [0.2, 0.25) is 0 Å². The van der Waals surface area contributed by atoms with Crippen molar-refractivity contribution in [3.05, 3.63) is 155 Å². The third-order valence-electron chi connectivity index (χ3n) is 19.6. The second-order valence-electron chi connectivity index (χ2n) is 26.4. The molecule has 0 aromatic heterocycles. The minimum atomic E-state index is 0. The van der Waals surface area contributed by atoms with Crippen LogP contribution in [-0.2, 0) is 52.0 Å². The van der Waals surface area contributed by atoms with Crippen molar-refractivity contribution in [3.8, 4) is 0 Å². The monoisotopic (exact) mass is 1230 g/mol. The fourth-order valence-electron chi connectivity index (χ4n) is 16.0. The maximum atomic E-state index is 2.75. The first kappa shape index (κ1) is 78.2. The minimum Gasteiger partial charge on any atom is -0.358 e. The van der Waals surface area contributed by atoms with Crippen LogP contribution in [0, 0.1) is 163 Å².